The summed E-state index contributed by atoms with van der Waals surface area (Å²) in [6, 6.07) is 0. The van der Waals surface area contributed by atoms with Crippen LogP contribution in [0.25, 0.3) is 0 Å². The van der Waals surface area contributed by atoms with E-state index in [0.717, 1.165) is 0 Å². The number of hydrogen-bond acceptors (Lipinski definition) is 12. The first-order valence-corrected chi connectivity index (χ1v) is 23.6. The Morgan fingerprint density at radius 3 is 0.333 bits per heavy atom. The van der Waals surface area contributed by atoms with Crippen molar-refractivity contribution in [2.45, 2.75) is 69.0 Å². The Labute approximate surface area is 244 Å². The van der Waals surface area contributed by atoms with Gasteiger partial charge in [-0.25, -0.2) is 50.5 Å². The van der Waals surface area contributed by atoms with E-state index in [9.17, 15) is 50.5 Å². The van der Waals surface area contributed by atoms with Crippen molar-refractivity contribution in [2.24, 2.45) is 0 Å². The van der Waals surface area contributed by atoms with Crippen LogP contribution in [0, 0.1) is 0 Å². The Bertz CT molecular complexity index is 1760. The van der Waals surface area contributed by atoms with Crippen molar-refractivity contribution in [3.05, 3.63) is 66.8 Å². The third-order valence-electron chi connectivity index (χ3n) is 8.74. The van der Waals surface area contributed by atoms with Crippen LogP contribution in [-0.4, -0.2) is 50.5 Å². The van der Waals surface area contributed by atoms with E-state index in [1.54, 1.807) is 0 Å². The lowest BCUT2D eigenvalue weighted by atomic mass is 9.89. The third-order valence-corrected chi connectivity index (χ3v) is 17.5. The summed E-state index contributed by atoms with van der Waals surface area (Å²) < 4.78 is 166. The Hall–Kier alpha value is -1.86. The smallest absolute Gasteiger partial charge is 0.158 e. The first-order valence-electron chi connectivity index (χ1n) is 12.7. The maximum atomic E-state index is 13.8. The lowest BCUT2D eigenvalue weighted by Crippen LogP contribution is -2.33. The van der Waals surface area contributed by atoms with E-state index in [4.69, 9.17) is 0 Å². The summed E-state index contributed by atoms with van der Waals surface area (Å²) >= 11 is 0. The minimum Gasteiger partial charge on any atom is -0.228 e. The summed E-state index contributed by atoms with van der Waals surface area (Å²) in [4.78, 5) is 0. The summed E-state index contributed by atoms with van der Waals surface area (Å²) in [6.45, 7) is 0. The van der Waals surface area contributed by atoms with Crippen LogP contribution in [0.4, 0.5) is 0 Å². The maximum absolute atomic E-state index is 13.8. The molecule has 12 bridgehead atoms. The molecule has 0 amide bonds. The lowest BCUT2D eigenvalue weighted by molar-refractivity contribution is 0.578. The minimum absolute atomic E-state index is 0.263. The van der Waals surface area contributed by atoms with Crippen LogP contribution in [0.15, 0.2) is 0 Å². The minimum atomic E-state index is -4.14. The SMILES string of the molecule is O=S1(=O)Cc2c3c4c5c6c2CS(=O)(=O)Cc2c(c(c(c(c2CS(=O)(=O)C6)CS(=O)(=O)C5)CS(=O)(=O)C4)CS(=O)(=O)C3)C1. The molecule has 0 spiro atoms. The molecule has 0 radical (unpaired) electrons. The molecular weight excluding hydrogens is 673 g/mol. The zero-order valence-corrected chi connectivity index (χ0v) is 26.7. The number of fused-ring (bicyclic) bond motifs is 12. The fourth-order valence-electron chi connectivity index (χ4n) is 7.22. The molecule has 18 heteroatoms. The standard InChI is InChI=1S/C24H24O12S6/c25-37(26)1-13-14-3-38(27,28)7-19-16(2-37)20-8-39(29,30)4-15(13)18-6-41(33,34)11-23(20)24-12-42(35,36)9-21(18)17(14)5-40(31,32)10-22(19)24/h1-12H2. The summed E-state index contributed by atoms with van der Waals surface area (Å²) in [6.07, 6.45) is 0. The molecule has 0 saturated carbocycles. The Kier molecular flexibility index (Phi) is 5.80. The number of hydrogen-bond donors (Lipinski definition) is 0. The van der Waals surface area contributed by atoms with Gasteiger partial charge in [-0.1, -0.05) is 0 Å². The Balaban J connectivity index is 1.92. The van der Waals surface area contributed by atoms with Crippen molar-refractivity contribution in [2.75, 3.05) is 0 Å². The summed E-state index contributed by atoms with van der Waals surface area (Å²) in [7, 11) is -24.8. The number of benzene rings is 2. The molecule has 0 fully saturated rings. The van der Waals surface area contributed by atoms with Crippen LogP contribution in [0.5, 0.6) is 0 Å². The van der Waals surface area contributed by atoms with E-state index in [-0.39, 0.29) is 66.8 Å². The van der Waals surface area contributed by atoms with Crippen LogP contribution in [-0.2, 0) is 128 Å². The summed E-state index contributed by atoms with van der Waals surface area (Å²) in [5.74, 6) is -10.3. The molecule has 0 aliphatic carbocycles. The van der Waals surface area contributed by atoms with Gasteiger partial charge in [-0.2, -0.15) is 0 Å². The van der Waals surface area contributed by atoms with Crippen LogP contribution in [0.3, 0.4) is 0 Å². The summed E-state index contributed by atoms with van der Waals surface area (Å²) in [5.41, 5.74) is -3.16. The van der Waals surface area contributed by atoms with Gasteiger partial charge < -0.3 is 0 Å². The molecule has 0 atom stereocenters. The molecule has 12 nitrogen and oxygen atoms in total. The van der Waals surface area contributed by atoms with Gasteiger partial charge in [0, 0.05) is 0 Å². The molecule has 0 N–H and O–H groups in total. The van der Waals surface area contributed by atoms with Gasteiger partial charge in [0.05, 0.1) is 69.0 Å². The van der Waals surface area contributed by atoms with E-state index in [0.29, 0.717) is 0 Å². The van der Waals surface area contributed by atoms with E-state index < -0.39 is 128 Å². The van der Waals surface area contributed by atoms with Gasteiger partial charge in [0.1, 0.15) is 0 Å². The molecule has 0 aromatic heterocycles. The molecule has 6 aliphatic heterocycles. The average molecular weight is 697 g/mol. The molecule has 0 unspecified atom stereocenters. The van der Waals surface area contributed by atoms with Crippen LogP contribution in [0.1, 0.15) is 66.8 Å². The predicted molar refractivity (Wildman–Crippen MR) is 151 cm³/mol. The van der Waals surface area contributed by atoms with Crippen molar-refractivity contribution in [1.82, 2.24) is 0 Å². The van der Waals surface area contributed by atoms with E-state index in [2.05, 4.69) is 0 Å². The highest BCUT2D eigenvalue weighted by Crippen LogP contribution is 2.46. The largest absolute Gasteiger partial charge is 0.228 e. The van der Waals surface area contributed by atoms with Gasteiger partial charge in [-0.05, 0) is 66.8 Å². The molecule has 2 aromatic carbocycles. The predicted octanol–water partition coefficient (Wildman–Crippen LogP) is -0.0564. The fraction of sp³-hybridized carbons (Fsp3) is 0.500. The topological polar surface area (TPSA) is 205 Å². The molecule has 2 aromatic rings. The van der Waals surface area contributed by atoms with E-state index in [1.807, 2.05) is 0 Å². The highest BCUT2D eigenvalue weighted by Gasteiger charge is 2.44. The van der Waals surface area contributed by atoms with E-state index in [1.165, 1.54) is 0 Å². The fourth-order valence-corrected chi connectivity index (χ4v) is 17.3. The maximum Gasteiger partial charge on any atom is 0.158 e. The second-order valence-corrected chi connectivity index (χ2v) is 24.3. The molecular formula is C24H24O12S6. The molecule has 228 valence electrons. The molecule has 0 saturated heterocycles. The molecule has 6 aliphatic rings. The van der Waals surface area contributed by atoms with E-state index >= 15 is 0 Å². The van der Waals surface area contributed by atoms with Crippen molar-refractivity contribution >= 4 is 59.0 Å². The highest BCUT2D eigenvalue weighted by atomic mass is 32.2. The third kappa shape index (κ3) is 4.67. The first-order chi connectivity index (χ1) is 19.1. The summed E-state index contributed by atoms with van der Waals surface area (Å²) in [5, 5.41) is 0. The zero-order chi connectivity index (χ0) is 30.4. The van der Waals surface area contributed by atoms with Crippen LogP contribution in [0.2, 0.25) is 0 Å². The first kappa shape index (κ1) is 28.9. The Morgan fingerprint density at radius 1 is 0.190 bits per heavy atom. The lowest BCUT2D eigenvalue weighted by Gasteiger charge is -2.35. The van der Waals surface area contributed by atoms with Gasteiger partial charge in [0.2, 0.25) is 0 Å². The van der Waals surface area contributed by atoms with Gasteiger partial charge in [-0.3, -0.25) is 0 Å². The quantitative estimate of drug-likeness (QED) is 0.356. The molecule has 8 rings (SSSR count). The number of rotatable bonds is 0. The average Bonchev–Trinajstić information content (AvgIpc) is 2.79. The Morgan fingerprint density at radius 2 is 0.262 bits per heavy atom. The van der Waals surface area contributed by atoms with Crippen molar-refractivity contribution in [3.63, 3.8) is 0 Å². The van der Waals surface area contributed by atoms with Crippen molar-refractivity contribution in [3.8, 4) is 0 Å². The van der Waals surface area contributed by atoms with Gasteiger partial charge in [0.15, 0.2) is 59.0 Å². The number of sulfone groups is 6. The van der Waals surface area contributed by atoms with Crippen molar-refractivity contribution in [1.29, 1.82) is 0 Å². The normalized spacial score (nSPS) is 26.3. The van der Waals surface area contributed by atoms with Crippen molar-refractivity contribution < 1.29 is 50.5 Å². The van der Waals surface area contributed by atoms with Gasteiger partial charge in [0.25, 0.3) is 0 Å². The monoisotopic (exact) mass is 696 g/mol. The van der Waals surface area contributed by atoms with Gasteiger partial charge in [-0.15, -0.1) is 0 Å². The molecule has 42 heavy (non-hydrogen) atoms. The van der Waals surface area contributed by atoms with Crippen LogP contribution >= 0.6 is 0 Å². The second-order valence-electron chi connectivity index (χ2n) is 11.9. The van der Waals surface area contributed by atoms with Gasteiger partial charge >= 0.3 is 0 Å². The second kappa shape index (κ2) is 8.44. The molecule has 6 heterocycles. The van der Waals surface area contributed by atoms with Crippen LogP contribution < -0.4 is 0 Å². The zero-order valence-electron chi connectivity index (χ0n) is 21.8. The highest BCUT2D eigenvalue weighted by molar-refractivity contribution is 7.92.